The van der Waals surface area contributed by atoms with Crippen molar-refractivity contribution < 1.29 is 19.1 Å². The Balaban J connectivity index is 1.98. The summed E-state index contributed by atoms with van der Waals surface area (Å²) in [6.07, 6.45) is 2.03. The molecule has 0 aliphatic carbocycles. The van der Waals surface area contributed by atoms with Gasteiger partial charge in [0.25, 0.3) is 5.91 Å². The van der Waals surface area contributed by atoms with Crippen LogP contribution in [0.1, 0.15) is 35.7 Å². The van der Waals surface area contributed by atoms with Gasteiger partial charge in [-0.1, -0.05) is 36.3 Å². The predicted molar refractivity (Wildman–Crippen MR) is 118 cm³/mol. The van der Waals surface area contributed by atoms with Gasteiger partial charge in [-0.25, -0.2) is 0 Å². The van der Waals surface area contributed by atoms with Crippen LogP contribution in [0.4, 0.5) is 0 Å². The van der Waals surface area contributed by atoms with Gasteiger partial charge in [0, 0.05) is 10.6 Å². The van der Waals surface area contributed by atoms with Crippen LogP contribution < -0.4 is 9.54 Å². The molecule has 0 bridgehead atoms. The number of carbonyl (C=O) groups is 2. The Kier molecular flexibility index (Phi) is 7.29. The van der Waals surface area contributed by atoms with Gasteiger partial charge in [0.15, 0.2) is 4.80 Å². The number of aryl methyl sites for hydroxylation is 1. The highest BCUT2D eigenvalue weighted by Crippen LogP contribution is 2.27. The van der Waals surface area contributed by atoms with E-state index in [0.717, 1.165) is 28.6 Å². The highest BCUT2D eigenvalue weighted by molar-refractivity contribution is 7.16. The zero-order valence-electron chi connectivity index (χ0n) is 17.1. The molecule has 0 atom stereocenters. The summed E-state index contributed by atoms with van der Waals surface area (Å²) in [5.41, 5.74) is 2.02. The lowest BCUT2D eigenvalue weighted by molar-refractivity contribution is -0.141. The fraction of sp³-hybridized carbons (Fsp3) is 0.318. The Morgan fingerprint density at radius 3 is 2.57 bits per heavy atom. The Hall–Kier alpha value is -2.64. The van der Waals surface area contributed by atoms with Crippen molar-refractivity contribution in [1.82, 2.24) is 4.57 Å². The summed E-state index contributed by atoms with van der Waals surface area (Å²) in [5.74, 6) is -0.117. The molecule has 1 amide bonds. The van der Waals surface area contributed by atoms with E-state index >= 15 is 0 Å². The molecule has 0 aliphatic heterocycles. The van der Waals surface area contributed by atoms with Crippen LogP contribution in [0.2, 0.25) is 5.02 Å². The van der Waals surface area contributed by atoms with Crippen molar-refractivity contribution >= 4 is 45.0 Å². The van der Waals surface area contributed by atoms with Gasteiger partial charge in [0.1, 0.15) is 12.3 Å². The summed E-state index contributed by atoms with van der Waals surface area (Å²) in [6, 6.07) is 10.5. The van der Waals surface area contributed by atoms with Crippen LogP contribution in [0.5, 0.6) is 5.75 Å². The number of methoxy groups -OCH3 is 1. The van der Waals surface area contributed by atoms with Crippen LogP contribution in [0.15, 0.2) is 41.4 Å². The zero-order valence-corrected chi connectivity index (χ0v) is 18.7. The second kappa shape index (κ2) is 9.91. The van der Waals surface area contributed by atoms with Crippen LogP contribution in [0.25, 0.3) is 10.2 Å². The number of aromatic nitrogens is 1. The minimum atomic E-state index is -0.434. The number of ether oxygens (including phenoxy) is 2. The molecule has 158 valence electrons. The van der Waals surface area contributed by atoms with Gasteiger partial charge in [-0.2, -0.15) is 4.99 Å². The third-order valence-corrected chi connectivity index (χ3v) is 6.06. The number of thiazole rings is 1. The van der Waals surface area contributed by atoms with E-state index in [9.17, 15) is 9.59 Å². The van der Waals surface area contributed by atoms with Crippen molar-refractivity contribution in [2.24, 2.45) is 4.99 Å². The number of unbranched alkanes of at least 4 members (excludes halogenated alkanes) is 1. The van der Waals surface area contributed by atoms with Crippen LogP contribution in [0.3, 0.4) is 0 Å². The van der Waals surface area contributed by atoms with Crippen LogP contribution in [-0.4, -0.2) is 30.2 Å². The zero-order chi connectivity index (χ0) is 21.7. The number of rotatable bonds is 7. The van der Waals surface area contributed by atoms with E-state index in [1.54, 1.807) is 34.9 Å². The van der Waals surface area contributed by atoms with Crippen molar-refractivity contribution in [3.8, 4) is 5.75 Å². The first kappa shape index (κ1) is 22.1. The number of nitrogens with zero attached hydrogens (tertiary/aromatic N) is 2. The fourth-order valence-electron chi connectivity index (χ4n) is 2.92. The normalized spacial score (nSPS) is 11.7. The highest BCUT2D eigenvalue weighted by atomic mass is 35.5. The highest BCUT2D eigenvalue weighted by Gasteiger charge is 2.15. The predicted octanol–water partition coefficient (Wildman–Crippen LogP) is 4.76. The van der Waals surface area contributed by atoms with Gasteiger partial charge in [-0.15, -0.1) is 0 Å². The lowest BCUT2D eigenvalue weighted by Gasteiger charge is -2.07. The van der Waals surface area contributed by atoms with Gasteiger partial charge in [-0.05, 0) is 55.3 Å². The van der Waals surface area contributed by atoms with Crippen molar-refractivity contribution in [2.45, 2.75) is 33.2 Å². The Morgan fingerprint density at radius 2 is 1.90 bits per heavy atom. The maximum Gasteiger partial charge on any atom is 0.325 e. The molecule has 0 saturated carbocycles. The summed E-state index contributed by atoms with van der Waals surface area (Å²) in [5, 5.41) is 0.579. The Labute approximate surface area is 183 Å². The van der Waals surface area contributed by atoms with Crippen molar-refractivity contribution in [1.29, 1.82) is 0 Å². The summed E-state index contributed by atoms with van der Waals surface area (Å²) >= 11 is 7.59. The number of fused-ring (bicyclic) bond motifs is 1. The lowest BCUT2D eigenvalue weighted by atomic mass is 10.2. The summed E-state index contributed by atoms with van der Waals surface area (Å²) in [7, 11) is 1.32. The van der Waals surface area contributed by atoms with Gasteiger partial charge >= 0.3 is 5.97 Å². The smallest absolute Gasteiger partial charge is 0.325 e. The molecular weight excluding hydrogens is 424 g/mol. The van der Waals surface area contributed by atoms with Crippen LogP contribution in [-0.2, 0) is 16.1 Å². The van der Waals surface area contributed by atoms with Crippen LogP contribution >= 0.6 is 22.9 Å². The number of hydrogen-bond donors (Lipinski definition) is 0. The molecule has 6 nitrogen and oxygen atoms in total. The van der Waals surface area contributed by atoms with Gasteiger partial charge in [0.05, 0.1) is 23.9 Å². The average Bonchev–Trinajstić information content (AvgIpc) is 3.08. The molecule has 1 heterocycles. The van der Waals surface area contributed by atoms with Crippen molar-refractivity contribution in [2.75, 3.05) is 13.7 Å². The number of amides is 1. The minimum absolute atomic E-state index is 0.0615. The molecule has 0 radical (unpaired) electrons. The first-order valence-corrected chi connectivity index (χ1v) is 10.8. The number of carbonyl (C=O) groups excluding carboxylic acids is 2. The van der Waals surface area contributed by atoms with E-state index in [4.69, 9.17) is 21.1 Å². The largest absolute Gasteiger partial charge is 0.494 e. The van der Waals surface area contributed by atoms with Gasteiger partial charge in [0.2, 0.25) is 0 Å². The molecule has 8 heteroatoms. The summed E-state index contributed by atoms with van der Waals surface area (Å²) in [4.78, 5) is 29.4. The number of hydrogen-bond acceptors (Lipinski definition) is 5. The molecule has 2 aromatic carbocycles. The molecule has 0 aliphatic rings. The standard InChI is InChI=1S/C22H23ClN2O4S/c1-4-5-12-29-16-8-6-15(7-9-16)21(27)24-22-25(13-19(26)28-3)20-14(2)17(23)10-11-18(20)30-22/h6-11H,4-5,12-13H2,1-3H3. The average molecular weight is 447 g/mol. The molecule has 0 fully saturated rings. The van der Waals surface area contributed by atoms with E-state index in [-0.39, 0.29) is 6.54 Å². The maximum atomic E-state index is 12.8. The van der Waals surface area contributed by atoms with Gasteiger partial charge in [-0.3, -0.25) is 9.59 Å². The molecule has 0 spiro atoms. The van der Waals surface area contributed by atoms with Crippen molar-refractivity contribution in [3.63, 3.8) is 0 Å². The molecule has 30 heavy (non-hydrogen) atoms. The first-order valence-electron chi connectivity index (χ1n) is 9.61. The first-order chi connectivity index (χ1) is 14.4. The third-order valence-electron chi connectivity index (χ3n) is 4.61. The van der Waals surface area contributed by atoms with E-state index in [1.807, 2.05) is 13.0 Å². The molecule has 3 aromatic rings. The Morgan fingerprint density at radius 1 is 1.17 bits per heavy atom. The van der Waals surface area contributed by atoms with E-state index in [1.165, 1.54) is 18.4 Å². The minimum Gasteiger partial charge on any atom is -0.494 e. The van der Waals surface area contributed by atoms with Crippen molar-refractivity contribution in [3.05, 3.63) is 57.3 Å². The quantitative estimate of drug-likeness (QED) is 0.387. The van der Waals surface area contributed by atoms with Gasteiger partial charge < -0.3 is 14.0 Å². The van der Waals surface area contributed by atoms with Crippen LogP contribution in [0, 0.1) is 6.92 Å². The number of benzene rings is 2. The van der Waals surface area contributed by atoms with E-state index in [0.29, 0.717) is 27.7 Å². The number of halogens is 1. The molecule has 1 aromatic heterocycles. The summed E-state index contributed by atoms with van der Waals surface area (Å²) < 4.78 is 13.0. The molecule has 0 unspecified atom stereocenters. The summed E-state index contributed by atoms with van der Waals surface area (Å²) in [6.45, 7) is 4.55. The van der Waals surface area contributed by atoms with E-state index < -0.39 is 11.9 Å². The maximum absolute atomic E-state index is 12.8. The molecule has 0 N–H and O–H groups in total. The number of esters is 1. The Bertz CT molecular complexity index is 1130. The third kappa shape index (κ3) is 4.91. The van der Waals surface area contributed by atoms with E-state index in [2.05, 4.69) is 11.9 Å². The SMILES string of the molecule is CCCCOc1ccc(C(=O)N=c2sc3ccc(Cl)c(C)c3n2CC(=O)OC)cc1. The monoisotopic (exact) mass is 446 g/mol. The second-order valence-corrected chi connectivity index (χ2v) is 8.13. The molecule has 3 rings (SSSR count). The fourth-order valence-corrected chi connectivity index (χ4v) is 4.16. The molecule has 0 saturated heterocycles. The second-order valence-electron chi connectivity index (χ2n) is 6.71. The lowest BCUT2D eigenvalue weighted by Crippen LogP contribution is -2.22. The topological polar surface area (TPSA) is 69.9 Å². The molecular formula is C22H23ClN2O4S.